The van der Waals surface area contributed by atoms with Crippen LogP contribution in [-0.2, 0) is 25.5 Å². The largest absolute Gasteiger partial charge is 0.465 e. The molecule has 0 fully saturated rings. The number of esters is 1. The van der Waals surface area contributed by atoms with Crippen molar-refractivity contribution in [1.29, 1.82) is 0 Å². The van der Waals surface area contributed by atoms with Gasteiger partial charge in [0.05, 0.1) is 6.42 Å². The van der Waals surface area contributed by atoms with Crippen molar-refractivity contribution in [2.24, 2.45) is 17.3 Å². The van der Waals surface area contributed by atoms with Gasteiger partial charge in [0, 0.05) is 36.1 Å². The standard InChI is InChI=1S/C19H27NO4/c1-13(18(23)19(3,4)5)10-17(22)24-12-14(2)16(21)11-15-6-8-20-9-7-15/h6-9,13-14H,10-12H2,1-5H3. The van der Waals surface area contributed by atoms with Crippen LogP contribution in [-0.4, -0.2) is 29.1 Å². The molecule has 0 spiro atoms. The van der Waals surface area contributed by atoms with E-state index in [9.17, 15) is 14.4 Å². The molecule has 24 heavy (non-hydrogen) atoms. The Morgan fingerprint density at radius 1 is 1.08 bits per heavy atom. The van der Waals surface area contributed by atoms with Gasteiger partial charge >= 0.3 is 5.97 Å². The third kappa shape index (κ3) is 6.60. The van der Waals surface area contributed by atoms with Crippen LogP contribution >= 0.6 is 0 Å². The molecule has 0 saturated carbocycles. The third-order valence-corrected chi connectivity index (χ3v) is 3.83. The zero-order chi connectivity index (χ0) is 18.3. The van der Waals surface area contributed by atoms with E-state index in [4.69, 9.17) is 4.74 Å². The highest BCUT2D eigenvalue weighted by Gasteiger charge is 2.28. The number of ether oxygens (including phenoxy) is 1. The molecular formula is C19H27NO4. The number of rotatable bonds is 8. The number of Topliss-reactive ketones (excluding diaryl/α,β-unsaturated/α-hetero) is 2. The smallest absolute Gasteiger partial charge is 0.306 e. The maximum atomic E-state index is 12.1. The average Bonchev–Trinajstić information content (AvgIpc) is 2.51. The number of hydrogen-bond acceptors (Lipinski definition) is 5. The first-order chi connectivity index (χ1) is 11.1. The lowest BCUT2D eigenvalue weighted by Gasteiger charge is -2.21. The van der Waals surface area contributed by atoms with Gasteiger partial charge in [-0.15, -0.1) is 0 Å². The number of pyridine rings is 1. The Balaban J connectivity index is 2.40. The van der Waals surface area contributed by atoms with Gasteiger partial charge in [-0.25, -0.2) is 0 Å². The van der Waals surface area contributed by atoms with Gasteiger partial charge in [-0.2, -0.15) is 0 Å². The Hall–Kier alpha value is -2.04. The van der Waals surface area contributed by atoms with Crippen molar-refractivity contribution in [3.8, 4) is 0 Å². The van der Waals surface area contributed by atoms with Crippen molar-refractivity contribution >= 4 is 17.5 Å². The molecular weight excluding hydrogens is 306 g/mol. The molecule has 1 aromatic heterocycles. The fourth-order valence-electron chi connectivity index (χ4n) is 2.33. The van der Waals surface area contributed by atoms with E-state index in [0.717, 1.165) is 5.56 Å². The van der Waals surface area contributed by atoms with Crippen molar-refractivity contribution in [2.45, 2.75) is 47.5 Å². The number of aromatic nitrogens is 1. The molecule has 0 aromatic carbocycles. The molecule has 2 unspecified atom stereocenters. The van der Waals surface area contributed by atoms with Gasteiger partial charge in [-0.1, -0.05) is 34.6 Å². The summed E-state index contributed by atoms with van der Waals surface area (Å²) in [4.78, 5) is 40.0. The predicted molar refractivity (Wildman–Crippen MR) is 91.3 cm³/mol. The quantitative estimate of drug-likeness (QED) is 0.684. The average molecular weight is 333 g/mol. The van der Waals surface area contributed by atoms with E-state index in [0.29, 0.717) is 6.42 Å². The highest BCUT2D eigenvalue weighted by atomic mass is 16.5. The topological polar surface area (TPSA) is 73.3 Å². The van der Waals surface area contributed by atoms with E-state index in [2.05, 4.69) is 4.98 Å². The molecule has 2 atom stereocenters. The molecule has 0 N–H and O–H groups in total. The number of nitrogens with zero attached hydrogens (tertiary/aromatic N) is 1. The Morgan fingerprint density at radius 2 is 1.67 bits per heavy atom. The number of carbonyl (C=O) groups excluding carboxylic acids is 3. The Labute approximate surface area is 143 Å². The number of carbonyl (C=O) groups is 3. The molecule has 0 saturated heterocycles. The van der Waals surface area contributed by atoms with Gasteiger partial charge in [-0.05, 0) is 17.7 Å². The molecule has 5 heteroatoms. The molecule has 0 bridgehead atoms. The van der Waals surface area contributed by atoms with Crippen LogP contribution < -0.4 is 0 Å². The fraction of sp³-hybridized carbons (Fsp3) is 0.579. The SMILES string of the molecule is CC(COC(=O)CC(C)C(=O)C(C)(C)C)C(=O)Cc1ccncc1. The maximum absolute atomic E-state index is 12.1. The van der Waals surface area contributed by atoms with Crippen LogP contribution in [0.4, 0.5) is 0 Å². The van der Waals surface area contributed by atoms with E-state index in [1.165, 1.54) is 0 Å². The number of hydrogen-bond donors (Lipinski definition) is 0. The van der Waals surface area contributed by atoms with Gasteiger partial charge in [0.2, 0.25) is 0 Å². The summed E-state index contributed by atoms with van der Waals surface area (Å²) in [7, 11) is 0. The number of ketones is 2. The van der Waals surface area contributed by atoms with E-state index < -0.39 is 11.4 Å². The molecule has 0 aliphatic carbocycles. The van der Waals surface area contributed by atoms with Crippen LogP contribution in [0.25, 0.3) is 0 Å². The predicted octanol–water partition coefficient (Wildman–Crippen LogP) is 3.01. The monoisotopic (exact) mass is 333 g/mol. The third-order valence-electron chi connectivity index (χ3n) is 3.83. The summed E-state index contributed by atoms with van der Waals surface area (Å²) in [5, 5.41) is 0. The fourth-order valence-corrected chi connectivity index (χ4v) is 2.33. The van der Waals surface area contributed by atoms with Crippen LogP contribution in [0.1, 0.15) is 46.6 Å². The molecule has 1 aromatic rings. The lowest BCUT2D eigenvalue weighted by Crippen LogP contribution is -2.29. The summed E-state index contributed by atoms with van der Waals surface area (Å²) in [6.07, 6.45) is 3.61. The van der Waals surface area contributed by atoms with Gasteiger partial charge in [0.15, 0.2) is 0 Å². The lowest BCUT2D eigenvalue weighted by atomic mass is 9.82. The van der Waals surface area contributed by atoms with Crippen LogP contribution in [0.2, 0.25) is 0 Å². The van der Waals surface area contributed by atoms with Crippen molar-refractivity contribution < 1.29 is 19.1 Å². The van der Waals surface area contributed by atoms with Gasteiger partial charge in [0.25, 0.3) is 0 Å². The normalized spacial score (nSPS) is 13.9. The Kier molecular flexibility index (Phi) is 7.26. The summed E-state index contributed by atoms with van der Waals surface area (Å²) in [6, 6.07) is 3.58. The second kappa shape index (κ2) is 8.71. The van der Waals surface area contributed by atoms with Crippen molar-refractivity contribution in [3.63, 3.8) is 0 Å². The molecule has 1 heterocycles. The highest BCUT2D eigenvalue weighted by molar-refractivity contribution is 5.89. The van der Waals surface area contributed by atoms with Crippen LogP contribution in [0.15, 0.2) is 24.5 Å². The van der Waals surface area contributed by atoms with E-state index in [-0.39, 0.29) is 36.4 Å². The van der Waals surface area contributed by atoms with E-state index >= 15 is 0 Å². The zero-order valence-electron chi connectivity index (χ0n) is 15.2. The summed E-state index contributed by atoms with van der Waals surface area (Å²) >= 11 is 0. The summed E-state index contributed by atoms with van der Waals surface area (Å²) in [5.74, 6) is -1.17. The summed E-state index contributed by atoms with van der Waals surface area (Å²) in [6.45, 7) is 9.00. The molecule has 0 amide bonds. The Bertz CT molecular complexity index is 575. The second-order valence-electron chi connectivity index (χ2n) is 7.30. The minimum absolute atomic E-state index is 0.00724. The lowest BCUT2D eigenvalue weighted by molar-refractivity contribution is -0.149. The molecule has 132 valence electrons. The minimum Gasteiger partial charge on any atom is -0.465 e. The van der Waals surface area contributed by atoms with Gasteiger partial charge < -0.3 is 4.74 Å². The Morgan fingerprint density at radius 3 is 2.21 bits per heavy atom. The van der Waals surface area contributed by atoms with Crippen molar-refractivity contribution in [1.82, 2.24) is 4.98 Å². The second-order valence-corrected chi connectivity index (χ2v) is 7.30. The molecule has 1 rings (SSSR count). The van der Waals surface area contributed by atoms with Gasteiger partial charge in [-0.3, -0.25) is 19.4 Å². The first-order valence-corrected chi connectivity index (χ1v) is 8.22. The van der Waals surface area contributed by atoms with Crippen LogP contribution in [0.3, 0.4) is 0 Å². The molecule has 5 nitrogen and oxygen atoms in total. The first kappa shape index (κ1) is 20.0. The molecule has 0 aliphatic heterocycles. The summed E-state index contributed by atoms with van der Waals surface area (Å²) in [5.41, 5.74) is 0.408. The maximum Gasteiger partial charge on any atom is 0.306 e. The molecule has 0 aliphatic rings. The van der Waals surface area contributed by atoms with Crippen LogP contribution in [0, 0.1) is 17.3 Å². The first-order valence-electron chi connectivity index (χ1n) is 8.22. The molecule has 0 radical (unpaired) electrons. The van der Waals surface area contributed by atoms with Crippen molar-refractivity contribution in [2.75, 3.05) is 6.61 Å². The summed E-state index contributed by atoms with van der Waals surface area (Å²) < 4.78 is 5.17. The zero-order valence-corrected chi connectivity index (χ0v) is 15.2. The van der Waals surface area contributed by atoms with Gasteiger partial charge in [0.1, 0.15) is 18.2 Å². The van der Waals surface area contributed by atoms with E-state index in [1.807, 2.05) is 20.8 Å². The highest BCUT2D eigenvalue weighted by Crippen LogP contribution is 2.22. The van der Waals surface area contributed by atoms with Crippen molar-refractivity contribution in [3.05, 3.63) is 30.1 Å². The minimum atomic E-state index is -0.479. The van der Waals surface area contributed by atoms with Crippen LogP contribution in [0.5, 0.6) is 0 Å². The van der Waals surface area contributed by atoms with E-state index in [1.54, 1.807) is 38.4 Å².